The van der Waals surface area contributed by atoms with Crippen LogP contribution in [0.1, 0.15) is 23.6 Å². The third-order valence-electron chi connectivity index (χ3n) is 5.60. The molecule has 0 atom stereocenters. The maximum atomic E-state index is 12.9. The number of thiocarbonyl (C=S) groups is 1. The van der Waals surface area contributed by atoms with Crippen LogP contribution in [0.4, 0.5) is 0 Å². The molecule has 0 saturated heterocycles. The summed E-state index contributed by atoms with van der Waals surface area (Å²) in [7, 11) is 0. The van der Waals surface area contributed by atoms with Crippen LogP contribution in [0, 0.1) is 0 Å². The highest BCUT2D eigenvalue weighted by Gasteiger charge is 2.14. The fraction of sp³-hybridized carbons (Fsp3) is 0.214. The van der Waals surface area contributed by atoms with Gasteiger partial charge in [0.15, 0.2) is 5.11 Å². The standard InChI is InChI=1S/C28H29N3O2S/c1-2-33-25-13-14-26-23(18-25)17-24(27(32)30-26)20-31(19-22-11-7-4-8-12-22)28(34)29-16-15-21-9-5-3-6-10-21/h3-14,17-18H,2,15-16,19-20H2,1H3,(H,29,34)(H,30,32). The minimum atomic E-state index is -0.109. The topological polar surface area (TPSA) is 57.4 Å². The number of benzene rings is 3. The number of nitrogens with zero attached hydrogens (tertiary/aromatic N) is 1. The van der Waals surface area contributed by atoms with Crippen molar-refractivity contribution >= 4 is 28.2 Å². The predicted molar refractivity (Wildman–Crippen MR) is 142 cm³/mol. The lowest BCUT2D eigenvalue weighted by Crippen LogP contribution is -2.40. The molecule has 0 amide bonds. The van der Waals surface area contributed by atoms with Crippen LogP contribution in [0.2, 0.25) is 0 Å². The number of rotatable bonds is 9. The molecule has 0 spiro atoms. The zero-order chi connectivity index (χ0) is 23.8. The van der Waals surface area contributed by atoms with E-state index in [1.807, 2.05) is 72.5 Å². The van der Waals surface area contributed by atoms with E-state index in [9.17, 15) is 4.79 Å². The van der Waals surface area contributed by atoms with Crippen LogP contribution in [0.3, 0.4) is 0 Å². The van der Waals surface area contributed by atoms with E-state index in [0.717, 1.165) is 35.2 Å². The Bertz CT molecular complexity index is 1290. The highest BCUT2D eigenvalue weighted by atomic mass is 32.1. The Labute approximate surface area is 205 Å². The summed E-state index contributed by atoms with van der Waals surface area (Å²) in [6.07, 6.45) is 0.872. The van der Waals surface area contributed by atoms with Crippen molar-refractivity contribution in [1.82, 2.24) is 15.2 Å². The lowest BCUT2D eigenvalue weighted by atomic mass is 10.1. The largest absolute Gasteiger partial charge is 0.494 e. The van der Waals surface area contributed by atoms with Gasteiger partial charge in [-0.05, 0) is 61.0 Å². The maximum absolute atomic E-state index is 12.9. The lowest BCUT2D eigenvalue weighted by Gasteiger charge is -2.26. The zero-order valence-electron chi connectivity index (χ0n) is 19.3. The number of H-pyrrole nitrogens is 1. The van der Waals surface area contributed by atoms with Gasteiger partial charge in [-0.2, -0.15) is 0 Å². The van der Waals surface area contributed by atoms with Gasteiger partial charge in [0.2, 0.25) is 0 Å². The van der Waals surface area contributed by atoms with Crippen molar-refractivity contribution in [3.8, 4) is 5.75 Å². The molecule has 0 fully saturated rings. The van der Waals surface area contributed by atoms with Crippen LogP contribution in [0.25, 0.3) is 10.9 Å². The zero-order valence-corrected chi connectivity index (χ0v) is 20.1. The van der Waals surface area contributed by atoms with Crippen molar-refractivity contribution in [2.75, 3.05) is 13.2 Å². The molecule has 1 heterocycles. The number of ether oxygens (including phenoxy) is 1. The predicted octanol–water partition coefficient (Wildman–Crippen LogP) is 5.05. The molecule has 34 heavy (non-hydrogen) atoms. The van der Waals surface area contributed by atoms with E-state index in [4.69, 9.17) is 17.0 Å². The van der Waals surface area contributed by atoms with Gasteiger partial charge < -0.3 is 19.9 Å². The third kappa shape index (κ3) is 6.23. The second-order valence-electron chi connectivity index (χ2n) is 8.11. The first kappa shape index (κ1) is 23.5. The van der Waals surface area contributed by atoms with Gasteiger partial charge in [0.25, 0.3) is 5.56 Å². The first-order valence-corrected chi connectivity index (χ1v) is 11.9. The van der Waals surface area contributed by atoms with Crippen molar-refractivity contribution in [2.45, 2.75) is 26.4 Å². The van der Waals surface area contributed by atoms with Crippen LogP contribution in [0.5, 0.6) is 5.75 Å². The summed E-state index contributed by atoms with van der Waals surface area (Å²) in [6, 6.07) is 28.1. The molecule has 2 N–H and O–H groups in total. The molecule has 0 unspecified atom stereocenters. The molecule has 0 saturated carbocycles. The number of aromatic nitrogens is 1. The molecule has 6 heteroatoms. The van der Waals surface area contributed by atoms with Gasteiger partial charge in [-0.15, -0.1) is 0 Å². The van der Waals surface area contributed by atoms with Crippen molar-refractivity contribution < 1.29 is 4.74 Å². The lowest BCUT2D eigenvalue weighted by molar-refractivity contribution is 0.340. The Balaban J connectivity index is 1.54. The van der Waals surface area contributed by atoms with Crippen molar-refractivity contribution in [1.29, 1.82) is 0 Å². The van der Waals surface area contributed by atoms with Crippen LogP contribution < -0.4 is 15.6 Å². The molecular formula is C28H29N3O2S. The molecule has 3 aromatic carbocycles. The smallest absolute Gasteiger partial charge is 0.253 e. The Hall–Kier alpha value is -3.64. The van der Waals surface area contributed by atoms with Gasteiger partial charge in [-0.25, -0.2) is 0 Å². The van der Waals surface area contributed by atoms with Crippen molar-refractivity contribution in [3.05, 3.63) is 112 Å². The first-order valence-electron chi connectivity index (χ1n) is 11.5. The Morgan fingerprint density at radius 3 is 2.35 bits per heavy atom. The minimum absolute atomic E-state index is 0.109. The highest BCUT2D eigenvalue weighted by Crippen LogP contribution is 2.20. The molecule has 4 rings (SSSR count). The Morgan fingerprint density at radius 2 is 1.65 bits per heavy atom. The summed E-state index contributed by atoms with van der Waals surface area (Å²) < 4.78 is 5.63. The van der Waals surface area contributed by atoms with Gasteiger partial charge in [0.05, 0.1) is 13.2 Å². The average Bonchev–Trinajstić information content (AvgIpc) is 2.85. The van der Waals surface area contributed by atoms with E-state index < -0.39 is 0 Å². The Morgan fingerprint density at radius 1 is 0.941 bits per heavy atom. The fourth-order valence-electron chi connectivity index (χ4n) is 3.88. The molecule has 5 nitrogen and oxygen atoms in total. The number of fused-ring (bicyclic) bond motifs is 1. The van der Waals surface area contributed by atoms with E-state index in [0.29, 0.717) is 30.4 Å². The third-order valence-corrected chi connectivity index (χ3v) is 6.00. The molecular weight excluding hydrogens is 442 g/mol. The van der Waals surface area contributed by atoms with Crippen molar-refractivity contribution in [3.63, 3.8) is 0 Å². The second kappa shape index (κ2) is 11.5. The van der Waals surface area contributed by atoms with E-state index in [1.165, 1.54) is 5.56 Å². The van der Waals surface area contributed by atoms with Crippen LogP contribution in [-0.2, 0) is 19.5 Å². The molecule has 0 bridgehead atoms. The molecule has 174 valence electrons. The number of hydrogen-bond acceptors (Lipinski definition) is 3. The van der Waals surface area contributed by atoms with Crippen LogP contribution in [0.15, 0.2) is 89.7 Å². The average molecular weight is 472 g/mol. The summed E-state index contributed by atoms with van der Waals surface area (Å²) >= 11 is 5.77. The fourth-order valence-corrected chi connectivity index (χ4v) is 4.11. The molecule has 0 radical (unpaired) electrons. The first-order chi connectivity index (χ1) is 16.6. The van der Waals surface area contributed by atoms with E-state index in [2.05, 4.69) is 34.6 Å². The van der Waals surface area contributed by atoms with Gasteiger partial charge in [-0.3, -0.25) is 4.79 Å². The van der Waals surface area contributed by atoms with E-state index >= 15 is 0 Å². The summed E-state index contributed by atoms with van der Waals surface area (Å²) in [6.45, 7) is 4.27. The normalized spacial score (nSPS) is 10.7. The van der Waals surface area contributed by atoms with E-state index in [-0.39, 0.29) is 5.56 Å². The molecule has 0 aliphatic rings. The number of aromatic amines is 1. The summed E-state index contributed by atoms with van der Waals surface area (Å²) in [5.41, 5.74) is 3.72. The monoisotopic (exact) mass is 471 g/mol. The summed E-state index contributed by atoms with van der Waals surface area (Å²) in [5, 5.41) is 4.94. The molecule has 4 aromatic rings. The van der Waals surface area contributed by atoms with Crippen LogP contribution >= 0.6 is 12.2 Å². The summed E-state index contributed by atoms with van der Waals surface area (Å²) in [5.74, 6) is 0.784. The van der Waals surface area contributed by atoms with Gasteiger partial charge in [-0.1, -0.05) is 60.7 Å². The Kier molecular flexibility index (Phi) is 7.94. The highest BCUT2D eigenvalue weighted by molar-refractivity contribution is 7.80. The summed E-state index contributed by atoms with van der Waals surface area (Å²) in [4.78, 5) is 17.9. The van der Waals surface area contributed by atoms with Gasteiger partial charge in [0, 0.05) is 29.6 Å². The minimum Gasteiger partial charge on any atom is -0.494 e. The van der Waals surface area contributed by atoms with Gasteiger partial charge >= 0.3 is 0 Å². The SMILES string of the molecule is CCOc1ccc2[nH]c(=O)c(CN(Cc3ccccc3)C(=S)NCCc3ccccc3)cc2c1. The number of hydrogen-bond donors (Lipinski definition) is 2. The molecule has 0 aliphatic heterocycles. The van der Waals surface area contributed by atoms with Crippen LogP contribution in [-0.4, -0.2) is 28.1 Å². The van der Waals surface area contributed by atoms with E-state index in [1.54, 1.807) is 0 Å². The van der Waals surface area contributed by atoms with Crippen molar-refractivity contribution in [2.24, 2.45) is 0 Å². The molecule has 1 aromatic heterocycles. The number of pyridine rings is 1. The quantitative estimate of drug-likeness (QED) is 0.335. The second-order valence-corrected chi connectivity index (χ2v) is 8.50. The number of nitrogens with one attached hydrogen (secondary N) is 2. The molecule has 0 aliphatic carbocycles. The van der Waals surface area contributed by atoms with Gasteiger partial charge in [0.1, 0.15) is 5.75 Å². The maximum Gasteiger partial charge on any atom is 0.253 e.